The molecule has 5 heterocycles. The predicted molar refractivity (Wildman–Crippen MR) is 147 cm³/mol. The van der Waals surface area contributed by atoms with Crippen molar-refractivity contribution in [2.24, 2.45) is 21.5 Å². The molecule has 4 aliphatic heterocycles. The molecule has 2 unspecified atom stereocenters. The number of pyridine rings is 1. The Morgan fingerprint density at radius 1 is 1.22 bits per heavy atom. The van der Waals surface area contributed by atoms with Gasteiger partial charge in [-0.2, -0.15) is 0 Å². The summed E-state index contributed by atoms with van der Waals surface area (Å²) in [5.74, 6) is -0.783. The fourth-order valence-corrected chi connectivity index (χ4v) is 6.20. The largest absolute Gasteiger partial charge is 0.492 e. The number of amides is 2. The normalized spacial score (nSPS) is 29.1. The molecule has 5 atom stereocenters. The van der Waals surface area contributed by atoms with Crippen molar-refractivity contribution in [1.82, 2.24) is 25.8 Å². The van der Waals surface area contributed by atoms with Gasteiger partial charge in [-0.05, 0) is 30.0 Å². The number of aliphatic hydroxyl groups is 1. The van der Waals surface area contributed by atoms with Crippen molar-refractivity contribution in [3.8, 4) is 5.75 Å². The lowest BCUT2D eigenvalue weighted by molar-refractivity contribution is 0.0143. The topological polar surface area (TPSA) is 193 Å². The fraction of sp³-hybridized carbons (Fsp3) is 0.444. The number of fused-ring (bicyclic) bond motifs is 1. The summed E-state index contributed by atoms with van der Waals surface area (Å²) in [4.78, 5) is 40.6. The highest BCUT2D eigenvalue weighted by Crippen LogP contribution is 2.42. The molecule has 13 nitrogen and oxygen atoms in total. The first-order chi connectivity index (χ1) is 19.5. The second kappa shape index (κ2) is 9.58. The Labute approximate surface area is 235 Å². The van der Waals surface area contributed by atoms with Crippen LogP contribution in [0.4, 0.5) is 4.39 Å². The molecule has 216 valence electrons. The zero-order chi connectivity index (χ0) is 29.1. The molecule has 8 N–H and O–H groups in total. The number of hydrogen-bond acceptors (Lipinski definition) is 11. The van der Waals surface area contributed by atoms with Crippen molar-refractivity contribution in [3.05, 3.63) is 59.2 Å². The van der Waals surface area contributed by atoms with E-state index in [1.165, 1.54) is 6.07 Å². The van der Waals surface area contributed by atoms with E-state index in [2.05, 4.69) is 44.8 Å². The number of rotatable bonds is 5. The van der Waals surface area contributed by atoms with Gasteiger partial charge in [0.2, 0.25) is 0 Å². The van der Waals surface area contributed by atoms with Gasteiger partial charge in [-0.3, -0.25) is 9.59 Å². The number of hydrogen-bond donors (Lipinski definition) is 6. The molecule has 1 saturated heterocycles. The Kier molecular flexibility index (Phi) is 6.25. The third-order valence-electron chi connectivity index (χ3n) is 8.36. The van der Waals surface area contributed by atoms with Crippen molar-refractivity contribution < 1.29 is 23.8 Å². The Balaban J connectivity index is 1.22. The number of halogens is 1. The number of ether oxygens (including phenoxy) is 1. The standard InChI is InChI=1S/C27H32FN9O4/c1-26(2)8-9-41-19-14(4-3-5-15(19)26)22(39)33-18-12-37-25(30)34-17(20-27(37,21(18)38)36-24(29)35-20)11-32-23(40)16-7-6-13(28)10-31-16/h3-7,10,17-18,20-21,38H,8-9,11-12H2,1-2H3,(H2,30,34)(H,32,40)(H,33,39)(H3,29,35,36)/t17-,18+,20?,21+,27?/m0/s1. The third kappa shape index (κ3) is 4.29. The lowest BCUT2D eigenvalue weighted by Gasteiger charge is -2.46. The summed E-state index contributed by atoms with van der Waals surface area (Å²) < 4.78 is 19.1. The molecule has 1 aromatic heterocycles. The number of carbonyl (C=O) groups excluding carboxylic acids is 2. The van der Waals surface area contributed by atoms with Gasteiger partial charge in [0, 0.05) is 18.7 Å². The van der Waals surface area contributed by atoms with Crippen LogP contribution in [0.25, 0.3) is 0 Å². The smallest absolute Gasteiger partial charge is 0.269 e. The van der Waals surface area contributed by atoms with E-state index in [0.717, 1.165) is 24.2 Å². The quantitative estimate of drug-likeness (QED) is 0.268. The first-order valence-corrected chi connectivity index (χ1v) is 13.4. The van der Waals surface area contributed by atoms with Crippen molar-refractivity contribution in [3.63, 3.8) is 0 Å². The van der Waals surface area contributed by atoms with Crippen molar-refractivity contribution in [2.75, 3.05) is 19.7 Å². The summed E-state index contributed by atoms with van der Waals surface area (Å²) in [6.45, 7) is 4.85. The van der Waals surface area contributed by atoms with Crippen LogP contribution in [0.2, 0.25) is 0 Å². The highest BCUT2D eigenvalue weighted by Gasteiger charge is 2.65. The zero-order valence-corrected chi connectivity index (χ0v) is 22.6. The zero-order valence-electron chi connectivity index (χ0n) is 22.6. The number of nitrogens with zero attached hydrogens (tertiary/aromatic N) is 4. The molecule has 41 heavy (non-hydrogen) atoms. The highest BCUT2D eigenvalue weighted by atomic mass is 19.1. The Morgan fingerprint density at radius 3 is 2.78 bits per heavy atom. The van der Waals surface area contributed by atoms with Crippen LogP contribution in [-0.4, -0.2) is 88.3 Å². The van der Waals surface area contributed by atoms with E-state index in [1.807, 2.05) is 12.1 Å². The lowest BCUT2D eigenvalue weighted by atomic mass is 9.79. The Morgan fingerprint density at radius 2 is 2.02 bits per heavy atom. The molecule has 14 heteroatoms. The minimum absolute atomic E-state index is 0.00959. The van der Waals surface area contributed by atoms with Gasteiger partial charge >= 0.3 is 0 Å². The van der Waals surface area contributed by atoms with Gasteiger partial charge < -0.3 is 42.2 Å². The van der Waals surface area contributed by atoms with Gasteiger partial charge in [-0.15, -0.1) is 0 Å². The number of aliphatic imine (C=N–C) groups is 2. The molecule has 1 fully saturated rings. The molecule has 1 spiro atoms. The number of carbonyl (C=O) groups is 2. The fourth-order valence-electron chi connectivity index (χ4n) is 6.20. The number of nitrogens with one attached hydrogen (secondary N) is 3. The number of aromatic nitrogens is 1. The van der Waals surface area contributed by atoms with Gasteiger partial charge in [0.05, 0.1) is 30.5 Å². The first-order valence-electron chi connectivity index (χ1n) is 13.4. The van der Waals surface area contributed by atoms with E-state index in [9.17, 15) is 19.1 Å². The summed E-state index contributed by atoms with van der Waals surface area (Å²) in [6, 6.07) is 5.67. The summed E-state index contributed by atoms with van der Waals surface area (Å²) in [7, 11) is 0. The van der Waals surface area contributed by atoms with E-state index in [4.69, 9.17) is 16.2 Å². The summed E-state index contributed by atoms with van der Waals surface area (Å²) in [6.07, 6.45) is 0.578. The van der Waals surface area contributed by atoms with Crippen LogP contribution in [0.5, 0.6) is 5.75 Å². The van der Waals surface area contributed by atoms with Crippen molar-refractivity contribution in [2.45, 2.75) is 55.6 Å². The van der Waals surface area contributed by atoms with Crippen LogP contribution in [0.15, 0.2) is 46.5 Å². The predicted octanol–water partition coefficient (Wildman–Crippen LogP) is -0.835. The van der Waals surface area contributed by atoms with Gasteiger partial charge in [-0.1, -0.05) is 26.0 Å². The maximum absolute atomic E-state index is 13.5. The minimum atomic E-state index is -1.30. The number of guanidine groups is 2. The second-order valence-corrected chi connectivity index (χ2v) is 11.3. The molecule has 6 rings (SSSR count). The van der Waals surface area contributed by atoms with Crippen molar-refractivity contribution in [1.29, 1.82) is 0 Å². The molecule has 0 aliphatic carbocycles. The van der Waals surface area contributed by atoms with Gasteiger partial charge in [-0.25, -0.2) is 19.4 Å². The van der Waals surface area contributed by atoms with E-state index in [1.54, 1.807) is 11.0 Å². The van der Waals surface area contributed by atoms with E-state index in [-0.39, 0.29) is 36.1 Å². The van der Waals surface area contributed by atoms with Gasteiger partial charge in [0.15, 0.2) is 17.6 Å². The van der Waals surface area contributed by atoms with E-state index < -0.39 is 47.5 Å². The maximum atomic E-state index is 13.5. The monoisotopic (exact) mass is 565 g/mol. The van der Waals surface area contributed by atoms with E-state index >= 15 is 0 Å². The lowest BCUT2D eigenvalue weighted by Crippen LogP contribution is -2.73. The molecule has 0 radical (unpaired) electrons. The maximum Gasteiger partial charge on any atom is 0.269 e. The molecule has 4 aliphatic rings. The summed E-state index contributed by atoms with van der Waals surface area (Å²) in [5, 5.41) is 20.4. The van der Waals surface area contributed by atoms with Gasteiger partial charge in [0.1, 0.15) is 29.4 Å². The van der Waals surface area contributed by atoms with Crippen LogP contribution in [0.3, 0.4) is 0 Å². The minimum Gasteiger partial charge on any atom is -0.492 e. The van der Waals surface area contributed by atoms with Crippen molar-refractivity contribution >= 4 is 23.7 Å². The SMILES string of the molecule is CC1(C)CCOc2c(C(=O)N[C@@H]3CN4C(N)=N[C@@H](CNC(=O)c5ccc(F)cn5)C5N=C(N)NC54[C@@H]3O)cccc21. The Bertz CT molecular complexity index is 1460. The summed E-state index contributed by atoms with van der Waals surface area (Å²) >= 11 is 0. The average molecular weight is 566 g/mol. The third-order valence-corrected chi connectivity index (χ3v) is 8.36. The van der Waals surface area contributed by atoms with Crippen LogP contribution in [0, 0.1) is 5.82 Å². The molecule has 0 bridgehead atoms. The molecule has 0 saturated carbocycles. The molecule has 2 amide bonds. The second-order valence-electron chi connectivity index (χ2n) is 11.3. The molecule has 1 aromatic carbocycles. The molecular weight excluding hydrogens is 533 g/mol. The van der Waals surface area contributed by atoms with Crippen LogP contribution in [0.1, 0.15) is 46.7 Å². The number of para-hydroxylation sites is 1. The van der Waals surface area contributed by atoms with Crippen LogP contribution in [-0.2, 0) is 5.41 Å². The Hall–Kier alpha value is -4.46. The first kappa shape index (κ1) is 26.7. The number of aliphatic hydroxyl groups excluding tert-OH is 1. The van der Waals surface area contributed by atoms with Gasteiger partial charge in [0.25, 0.3) is 11.8 Å². The molecule has 2 aromatic rings. The molecular formula is C27H32FN9O4. The summed E-state index contributed by atoms with van der Waals surface area (Å²) in [5.41, 5.74) is 12.4. The number of benzene rings is 1. The van der Waals surface area contributed by atoms with Crippen LogP contribution < -0.4 is 32.2 Å². The average Bonchev–Trinajstić information content (AvgIpc) is 3.43. The highest BCUT2D eigenvalue weighted by molar-refractivity contribution is 5.98. The number of nitrogens with two attached hydrogens (primary N) is 2. The van der Waals surface area contributed by atoms with Crippen LogP contribution >= 0.6 is 0 Å². The van der Waals surface area contributed by atoms with E-state index in [0.29, 0.717) is 17.9 Å².